The van der Waals surface area contributed by atoms with Crippen molar-refractivity contribution in [1.29, 1.82) is 0 Å². The summed E-state index contributed by atoms with van der Waals surface area (Å²) in [5.41, 5.74) is 2.90. The number of likely N-dealkylation sites (tertiary alicyclic amines) is 1. The molecule has 8 heteroatoms. The number of carbonyl (C=O) groups excluding carboxylic acids is 1. The Labute approximate surface area is 207 Å². The largest absolute Gasteiger partial charge is 0.495 e. The van der Waals surface area contributed by atoms with Gasteiger partial charge in [-0.2, -0.15) is 0 Å². The van der Waals surface area contributed by atoms with E-state index in [0.29, 0.717) is 30.5 Å². The number of anilines is 1. The first kappa shape index (κ1) is 25.9. The highest BCUT2D eigenvalue weighted by Gasteiger charge is 2.25. The van der Waals surface area contributed by atoms with Gasteiger partial charge in [0.2, 0.25) is 5.91 Å². The van der Waals surface area contributed by atoms with E-state index < -0.39 is 0 Å². The zero-order valence-corrected chi connectivity index (χ0v) is 21.3. The highest BCUT2D eigenvalue weighted by atomic mass is 127. The molecular weight excluding hydrogens is 519 g/mol. The summed E-state index contributed by atoms with van der Waals surface area (Å²) in [5.74, 6) is 1.88. The molecule has 0 saturated carbocycles. The molecule has 3 rings (SSSR count). The van der Waals surface area contributed by atoms with Crippen molar-refractivity contribution in [3.63, 3.8) is 0 Å². The first-order chi connectivity index (χ1) is 15.1. The molecule has 0 aromatic heterocycles. The lowest BCUT2D eigenvalue weighted by atomic mass is 10.1. The summed E-state index contributed by atoms with van der Waals surface area (Å²) in [6.07, 6.45) is 1.09. The molecule has 0 spiro atoms. The predicted molar refractivity (Wildman–Crippen MR) is 139 cm³/mol. The molecular formula is C24H33IN4O3. The van der Waals surface area contributed by atoms with Crippen molar-refractivity contribution < 1.29 is 14.3 Å². The van der Waals surface area contributed by atoms with Crippen molar-refractivity contribution in [2.24, 2.45) is 10.9 Å². The average molecular weight is 552 g/mol. The minimum atomic E-state index is -0.128. The number of aliphatic imine (C=N–C) groups is 1. The maximum absolute atomic E-state index is 11.4. The molecule has 1 amide bonds. The summed E-state index contributed by atoms with van der Waals surface area (Å²) in [6.45, 7) is 5.38. The molecule has 1 heterocycles. The minimum Gasteiger partial charge on any atom is -0.495 e. The van der Waals surface area contributed by atoms with Crippen LogP contribution in [0.1, 0.15) is 24.5 Å². The Morgan fingerprint density at radius 1 is 1.19 bits per heavy atom. The maximum atomic E-state index is 11.4. The summed E-state index contributed by atoms with van der Waals surface area (Å²) in [6, 6.07) is 16.0. The van der Waals surface area contributed by atoms with Crippen LogP contribution in [0.2, 0.25) is 0 Å². The van der Waals surface area contributed by atoms with E-state index in [1.807, 2.05) is 36.4 Å². The zero-order valence-electron chi connectivity index (χ0n) is 19.0. The molecule has 1 unspecified atom stereocenters. The second kappa shape index (κ2) is 13.3. The van der Waals surface area contributed by atoms with Gasteiger partial charge >= 0.3 is 0 Å². The van der Waals surface area contributed by atoms with E-state index in [1.165, 1.54) is 12.5 Å². The number of hydrogen-bond acceptors (Lipinski definition) is 4. The lowest BCUT2D eigenvalue weighted by Crippen LogP contribution is -2.39. The quantitative estimate of drug-likeness (QED) is 0.296. The van der Waals surface area contributed by atoms with Gasteiger partial charge in [0.25, 0.3) is 0 Å². The molecule has 1 aliphatic heterocycles. The molecule has 1 saturated heterocycles. The number of hydrogen-bond donors (Lipinski definition) is 2. The molecule has 2 N–H and O–H groups in total. The van der Waals surface area contributed by atoms with Crippen LogP contribution in [0.25, 0.3) is 0 Å². The number of amides is 1. The normalized spacial score (nSPS) is 15.8. The predicted octanol–water partition coefficient (Wildman–Crippen LogP) is 3.89. The Balaban J connectivity index is 0.00000363. The van der Waals surface area contributed by atoms with Crippen LogP contribution in [0, 0.1) is 5.92 Å². The third-order valence-electron chi connectivity index (χ3n) is 5.29. The molecule has 7 nitrogen and oxygen atoms in total. The van der Waals surface area contributed by atoms with Gasteiger partial charge in [-0.15, -0.1) is 24.0 Å². The van der Waals surface area contributed by atoms with Crippen LogP contribution in [-0.2, 0) is 22.7 Å². The third-order valence-corrected chi connectivity index (χ3v) is 5.29. The van der Waals surface area contributed by atoms with Crippen LogP contribution in [0.3, 0.4) is 0 Å². The van der Waals surface area contributed by atoms with E-state index in [-0.39, 0.29) is 29.9 Å². The zero-order chi connectivity index (χ0) is 22.1. The van der Waals surface area contributed by atoms with Gasteiger partial charge in [-0.3, -0.25) is 9.79 Å². The molecule has 2 aromatic rings. The smallest absolute Gasteiger partial charge is 0.221 e. The number of halogens is 1. The Hall–Kier alpha value is -2.33. The van der Waals surface area contributed by atoms with Crippen molar-refractivity contribution in [3.8, 4) is 5.75 Å². The number of carbonyl (C=O) groups is 1. The number of benzene rings is 2. The van der Waals surface area contributed by atoms with E-state index in [2.05, 4.69) is 32.7 Å². The third kappa shape index (κ3) is 7.67. The van der Waals surface area contributed by atoms with Crippen LogP contribution >= 0.6 is 24.0 Å². The van der Waals surface area contributed by atoms with Gasteiger partial charge in [0, 0.05) is 39.5 Å². The molecule has 0 bridgehead atoms. The summed E-state index contributed by atoms with van der Waals surface area (Å²) in [4.78, 5) is 18.2. The number of nitrogens with zero attached hydrogens (tertiary/aromatic N) is 2. The summed E-state index contributed by atoms with van der Waals surface area (Å²) < 4.78 is 11.3. The van der Waals surface area contributed by atoms with E-state index in [0.717, 1.165) is 37.6 Å². The van der Waals surface area contributed by atoms with Gasteiger partial charge in [0.1, 0.15) is 5.75 Å². The summed E-state index contributed by atoms with van der Waals surface area (Å²) in [5, 5.41) is 6.24. The van der Waals surface area contributed by atoms with Gasteiger partial charge in [0.05, 0.1) is 26.0 Å². The first-order valence-electron chi connectivity index (χ1n) is 10.6. The SMILES string of the molecule is CN=C(NCc1ccc(OC)c(NC(C)=O)c1)N1CCC(COCc2ccccc2)C1.I. The standard InChI is InChI=1S/C24H32N4O3.HI/c1-18(29)27-22-13-20(9-10-23(22)30-3)14-26-24(25-2)28-12-11-21(15-28)17-31-16-19-7-5-4-6-8-19;/h4-10,13,21H,11-12,14-17H2,1-3H3,(H,25,26)(H,27,29);1H. The number of methoxy groups -OCH3 is 1. The fraction of sp³-hybridized carbons (Fsp3) is 0.417. The van der Waals surface area contributed by atoms with Crippen LogP contribution in [-0.4, -0.2) is 50.6 Å². The monoisotopic (exact) mass is 552 g/mol. The molecule has 0 radical (unpaired) electrons. The first-order valence-corrected chi connectivity index (χ1v) is 10.6. The van der Waals surface area contributed by atoms with Crippen molar-refractivity contribution in [3.05, 3.63) is 59.7 Å². The summed E-state index contributed by atoms with van der Waals surface area (Å²) in [7, 11) is 3.39. The summed E-state index contributed by atoms with van der Waals surface area (Å²) >= 11 is 0. The van der Waals surface area contributed by atoms with E-state index >= 15 is 0 Å². The lowest BCUT2D eigenvalue weighted by Gasteiger charge is -2.22. The van der Waals surface area contributed by atoms with Crippen LogP contribution in [0.15, 0.2) is 53.5 Å². The fourth-order valence-corrected chi connectivity index (χ4v) is 3.74. The van der Waals surface area contributed by atoms with Gasteiger partial charge in [-0.25, -0.2) is 0 Å². The molecule has 1 aliphatic rings. The number of rotatable bonds is 8. The van der Waals surface area contributed by atoms with Gasteiger partial charge < -0.3 is 25.0 Å². The Bertz CT molecular complexity index is 892. The highest BCUT2D eigenvalue weighted by Crippen LogP contribution is 2.25. The van der Waals surface area contributed by atoms with Crippen LogP contribution in [0.4, 0.5) is 5.69 Å². The molecule has 1 atom stereocenters. The molecule has 174 valence electrons. The van der Waals surface area contributed by atoms with Gasteiger partial charge in [-0.1, -0.05) is 36.4 Å². The Morgan fingerprint density at radius 3 is 2.66 bits per heavy atom. The number of ether oxygens (including phenoxy) is 2. The minimum absolute atomic E-state index is 0. The van der Waals surface area contributed by atoms with Crippen LogP contribution < -0.4 is 15.4 Å². The molecule has 0 aliphatic carbocycles. The van der Waals surface area contributed by atoms with E-state index in [9.17, 15) is 4.79 Å². The fourth-order valence-electron chi connectivity index (χ4n) is 3.74. The number of guanidine groups is 1. The molecule has 32 heavy (non-hydrogen) atoms. The second-order valence-electron chi connectivity index (χ2n) is 7.72. The van der Waals surface area contributed by atoms with Crippen molar-refractivity contribution in [2.75, 3.05) is 39.2 Å². The maximum Gasteiger partial charge on any atom is 0.221 e. The van der Waals surface area contributed by atoms with Crippen LogP contribution in [0.5, 0.6) is 5.75 Å². The Kier molecular flexibility index (Phi) is 10.8. The van der Waals surface area contributed by atoms with E-state index in [1.54, 1.807) is 14.2 Å². The average Bonchev–Trinajstić information content (AvgIpc) is 3.23. The molecule has 2 aromatic carbocycles. The van der Waals surface area contributed by atoms with Gasteiger partial charge in [-0.05, 0) is 29.7 Å². The van der Waals surface area contributed by atoms with Crippen molar-refractivity contribution in [1.82, 2.24) is 10.2 Å². The topological polar surface area (TPSA) is 75.2 Å². The molecule has 1 fully saturated rings. The Morgan fingerprint density at radius 2 is 1.97 bits per heavy atom. The highest BCUT2D eigenvalue weighted by molar-refractivity contribution is 14.0. The van der Waals surface area contributed by atoms with Crippen molar-refractivity contribution >= 4 is 41.5 Å². The van der Waals surface area contributed by atoms with Crippen molar-refractivity contribution in [2.45, 2.75) is 26.5 Å². The van der Waals surface area contributed by atoms with Gasteiger partial charge in [0.15, 0.2) is 5.96 Å². The number of nitrogens with one attached hydrogen (secondary N) is 2. The van der Waals surface area contributed by atoms with E-state index in [4.69, 9.17) is 9.47 Å². The second-order valence-corrected chi connectivity index (χ2v) is 7.72. The lowest BCUT2D eigenvalue weighted by molar-refractivity contribution is -0.114.